The molecule has 2 aliphatic carbocycles. The van der Waals surface area contributed by atoms with E-state index in [1.807, 2.05) is 0 Å². The molecule has 3 heteroatoms. The lowest BCUT2D eigenvalue weighted by atomic mass is 9.85. The lowest BCUT2D eigenvalue weighted by Crippen LogP contribution is -2.16. The Labute approximate surface area is 214 Å². The molecule has 0 saturated carbocycles. The maximum atomic E-state index is 5.15. The zero-order valence-electron chi connectivity index (χ0n) is 21.3. The van der Waals surface area contributed by atoms with E-state index >= 15 is 0 Å². The number of hydrogen-bond donors (Lipinski definition) is 0. The molecular weight excluding hydrogens is 450 g/mol. The van der Waals surface area contributed by atoms with Crippen LogP contribution in [0.15, 0.2) is 79.1 Å². The van der Waals surface area contributed by atoms with Crippen molar-refractivity contribution >= 4 is 38.1 Å². The topological polar surface area (TPSA) is 30.2 Å². The second-order valence-corrected chi connectivity index (χ2v) is 11.9. The Bertz CT molecular complexity index is 1990. The molecule has 3 aromatic carbocycles. The van der Waals surface area contributed by atoms with Crippen LogP contribution < -0.4 is 0 Å². The van der Waals surface area contributed by atoms with Gasteiger partial charge in [-0.3, -0.25) is 9.97 Å². The van der Waals surface area contributed by atoms with Crippen LogP contribution in [0.3, 0.4) is 0 Å². The number of pyridine rings is 2. The number of benzene rings is 3. The molecule has 3 nitrogen and oxygen atoms in total. The van der Waals surface area contributed by atoms with Crippen molar-refractivity contribution in [3.05, 3.63) is 102 Å². The highest BCUT2D eigenvalue weighted by atomic mass is 14.9. The predicted octanol–water partition coefficient (Wildman–Crippen LogP) is 8.24. The molecule has 0 saturated heterocycles. The van der Waals surface area contributed by atoms with Gasteiger partial charge in [0.15, 0.2) is 0 Å². The van der Waals surface area contributed by atoms with Crippen LogP contribution >= 0.6 is 0 Å². The first-order chi connectivity index (χ1) is 17.9. The third kappa shape index (κ3) is 2.03. The predicted molar refractivity (Wildman–Crippen MR) is 152 cm³/mol. The molecule has 0 spiro atoms. The minimum absolute atomic E-state index is 0.119. The molecule has 0 amide bonds. The van der Waals surface area contributed by atoms with Gasteiger partial charge in [0.1, 0.15) is 0 Å². The Morgan fingerprint density at radius 3 is 1.51 bits per heavy atom. The minimum atomic E-state index is -0.119. The van der Waals surface area contributed by atoms with Gasteiger partial charge in [0, 0.05) is 43.5 Å². The molecule has 0 unspecified atom stereocenters. The summed E-state index contributed by atoms with van der Waals surface area (Å²) in [5, 5.41) is 5.22. The number of nitrogens with zero attached hydrogens (tertiary/aromatic N) is 3. The molecule has 9 rings (SSSR count). The summed E-state index contributed by atoms with van der Waals surface area (Å²) in [7, 11) is 0. The Balaban J connectivity index is 1.51. The molecule has 176 valence electrons. The third-order valence-corrected chi connectivity index (χ3v) is 9.32. The maximum Gasteiger partial charge on any atom is 0.0732 e. The highest BCUT2D eigenvalue weighted by molar-refractivity contribution is 6.28. The molecule has 2 aliphatic rings. The molecule has 0 aliphatic heterocycles. The maximum absolute atomic E-state index is 5.15. The fourth-order valence-electron chi connectivity index (χ4n) is 7.67. The van der Waals surface area contributed by atoms with E-state index in [4.69, 9.17) is 9.97 Å². The van der Waals surface area contributed by atoms with E-state index in [0.29, 0.717) is 0 Å². The van der Waals surface area contributed by atoms with Crippen LogP contribution in [-0.4, -0.2) is 14.4 Å². The third-order valence-electron chi connectivity index (χ3n) is 9.32. The summed E-state index contributed by atoms with van der Waals surface area (Å²) in [4.78, 5) is 10.3. The van der Waals surface area contributed by atoms with Crippen LogP contribution in [-0.2, 0) is 10.8 Å². The van der Waals surface area contributed by atoms with Crippen molar-refractivity contribution in [1.82, 2.24) is 14.4 Å². The summed E-state index contributed by atoms with van der Waals surface area (Å²) in [5.41, 5.74) is 13.7. The minimum Gasteiger partial charge on any atom is -0.305 e. The van der Waals surface area contributed by atoms with Crippen molar-refractivity contribution in [1.29, 1.82) is 0 Å². The lowest BCUT2D eigenvalue weighted by Gasteiger charge is -2.20. The molecular formula is C34H25N3. The van der Waals surface area contributed by atoms with E-state index in [0.717, 1.165) is 0 Å². The first-order valence-corrected chi connectivity index (χ1v) is 13.1. The fraction of sp³-hybridized carbons (Fsp3) is 0.176. The van der Waals surface area contributed by atoms with Gasteiger partial charge in [0.05, 0.1) is 40.3 Å². The van der Waals surface area contributed by atoms with E-state index in [2.05, 4.69) is 111 Å². The zero-order valence-corrected chi connectivity index (χ0v) is 21.3. The molecule has 0 N–H and O–H groups in total. The van der Waals surface area contributed by atoms with Gasteiger partial charge < -0.3 is 4.40 Å². The summed E-state index contributed by atoms with van der Waals surface area (Å²) in [6, 6.07) is 24.5. The van der Waals surface area contributed by atoms with E-state index < -0.39 is 0 Å². The van der Waals surface area contributed by atoms with Gasteiger partial charge in [-0.25, -0.2) is 0 Å². The average Bonchev–Trinajstić information content (AvgIpc) is 3.57. The quantitative estimate of drug-likeness (QED) is 0.221. The Hall–Kier alpha value is -4.24. The molecule has 0 bridgehead atoms. The Morgan fingerprint density at radius 1 is 0.568 bits per heavy atom. The van der Waals surface area contributed by atoms with Gasteiger partial charge in [-0.1, -0.05) is 94.4 Å². The number of fused-ring (bicyclic) bond motifs is 14. The smallest absolute Gasteiger partial charge is 0.0732 e. The van der Waals surface area contributed by atoms with Gasteiger partial charge in [-0.2, -0.15) is 0 Å². The van der Waals surface area contributed by atoms with Gasteiger partial charge in [-0.15, -0.1) is 0 Å². The van der Waals surface area contributed by atoms with Crippen LogP contribution in [0, 0.1) is 0 Å². The van der Waals surface area contributed by atoms with E-state index in [1.54, 1.807) is 0 Å². The van der Waals surface area contributed by atoms with E-state index in [9.17, 15) is 0 Å². The summed E-state index contributed by atoms with van der Waals surface area (Å²) in [5.74, 6) is 0. The van der Waals surface area contributed by atoms with Crippen molar-refractivity contribution in [2.24, 2.45) is 0 Å². The number of hydrogen-bond acceptors (Lipinski definition) is 2. The normalized spacial score (nSPS) is 16.5. The zero-order chi connectivity index (χ0) is 24.8. The molecule has 0 atom stereocenters. The van der Waals surface area contributed by atoms with Gasteiger partial charge in [0.25, 0.3) is 0 Å². The van der Waals surface area contributed by atoms with Crippen LogP contribution in [0.4, 0.5) is 0 Å². The summed E-state index contributed by atoms with van der Waals surface area (Å²) < 4.78 is 2.43. The SMILES string of the molecule is CC1(C)c2ccccc2-c2c1ncc1c2c2cccc3c4c5c(ncc4n1c23)C(C)(C)c1ccccc1-5. The average molecular weight is 476 g/mol. The van der Waals surface area contributed by atoms with Crippen LogP contribution in [0.25, 0.3) is 60.3 Å². The van der Waals surface area contributed by atoms with Gasteiger partial charge in [-0.05, 0) is 22.3 Å². The number of para-hydroxylation sites is 1. The number of aromatic nitrogens is 3. The first kappa shape index (κ1) is 19.9. The fourth-order valence-corrected chi connectivity index (χ4v) is 7.67. The molecule has 0 fully saturated rings. The molecule has 37 heavy (non-hydrogen) atoms. The summed E-state index contributed by atoms with van der Waals surface area (Å²) in [6.07, 6.45) is 4.21. The van der Waals surface area contributed by atoms with Crippen LogP contribution in [0.2, 0.25) is 0 Å². The lowest BCUT2D eigenvalue weighted by molar-refractivity contribution is 0.637. The highest BCUT2D eigenvalue weighted by Gasteiger charge is 2.41. The molecule has 7 aromatic rings. The van der Waals surface area contributed by atoms with Crippen molar-refractivity contribution < 1.29 is 0 Å². The highest BCUT2D eigenvalue weighted by Crippen LogP contribution is 2.55. The van der Waals surface area contributed by atoms with Crippen LogP contribution in [0.1, 0.15) is 50.2 Å². The van der Waals surface area contributed by atoms with Crippen molar-refractivity contribution in [3.8, 4) is 22.3 Å². The molecule has 4 heterocycles. The van der Waals surface area contributed by atoms with E-state index in [1.165, 1.54) is 82.9 Å². The van der Waals surface area contributed by atoms with Crippen molar-refractivity contribution in [2.75, 3.05) is 0 Å². The standard InChI is InChI=1S/C34H25N3/c1-33(2)22-14-7-5-10-18(22)28-26-20-12-9-13-21-27-25(37(30(20)21)24(26)16-35-31(28)33)17-36-32-29(27)19-11-6-8-15-23(19)34(32,3)4/h5-17H,1-4H3. The van der Waals surface area contributed by atoms with Crippen molar-refractivity contribution in [2.45, 2.75) is 38.5 Å². The van der Waals surface area contributed by atoms with Crippen molar-refractivity contribution in [3.63, 3.8) is 0 Å². The van der Waals surface area contributed by atoms with Gasteiger partial charge >= 0.3 is 0 Å². The Kier molecular flexibility index (Phi) is 3.23. The second kappa shape index (κ2) is 6.00. The van der Waals surface area contributed by atoms with Gasteiger partial charge in [0.2, 0.25) is 0 Å². The molecule has 0 radical (unpaired) electrons. The summed E-state index contributed by atoms with van der Waals surface area (Å²) >= 11 is 0. The Morgan fingerprint density at radius 2 is 1.03 bits per heavy atom. The second-order valence-electron chi connectivity index (χ2n) is 11.9. The monoisotopic (exact) mass is 475 g/mol. The first-order valence-electron chi connectivity index (χ1n) is 13.1. The van der Waals surface area contributed by atoms with Crippen LogP contribution in [0.5, 0.6) is 0 Å². The summed E-state index contributed by atoms with van der Waals surface area (Å²) in [6.45, 7) is 9.20. The number of rotatable bonds is 0. The largest absolute Gasteiger partial charge is 0.305 e. The van der Waals surface area contributed by atoms with E-state index in [-0.39, 0.29) is 10.8 Å². The molecule has 4 aromatic heterocycles.